The van der Waals surface area contributed by atoms with Crippen molar-refractivity contribution >= 4 is 38.9 Å². The molecule has 21 heavy (non-hydrogen) atoms. The minimum atomic E-state index is -4.07. The van der Waals surface area contributed by atoms with Gasteiger partial charge in [-0.3, -0.25) is 4.72 Å². The monoisotopic (exact) mass is 344 g/mol. The Balaban J connectivity index is 2.44. The van der Waals surface area contributed by atoms with E-state index in [9.17, 15) is 12.8 Å². The first kappa shape index (κ1) is 15.6. The molecule has 1 N–H and O–H groups in total. The predicted molar refractivity (Wildman–Crippen MR) is 78.4 cm³/mol. The number of sulfonamides is 1. The van der Waals surface area contributed by atoms with E-state index in [4.69, 9.17) is 28.5 Å². The third-order valence-corrected chi connectivity index (χ3v) is 4.55. The highest BCUT2D eigenvalue weighted by Gasteiger charge is 2.19. The SMILES string of the molecule is N#Cc1ccc(S(=O)(=O)Nc2c(F)cccc2Cl)cc1Cl. The quantitative estimate of drug-likeness (QED) is 0.920. The molecule has 8 heteroatoms. The average molecular weight is 345 g/mol. The molecule has 108 valence electrons. The smallest absolute Gasteiger partial charge is 0.262 e. The lowest BCUT2D eigenvalue weighted by Crippen LogP contribution is -2.14. The number of halogens is 3. The number of hydrogen-bond donors (Lipinski definition) is 1. The second-order valence-corrected chi connectivity index (χ2v) is 6.45. The van der Waals surface area contributed by atoms with E-state index in [1.807, 2.05) is 6.07 Å². The molecule has 0 amide bonds. The fourth-order valence-electron chi connectivity index (χ4n) is 1.54. The average Bonchev–Trinajstić information content (AvgIpc) is 2.43. The van der Waals surface area contributed by atoms with Crippen LogP contribution in [0.1, 0.15) is 5.56 Å². The molecule has 0 bridgehead atoms. The van der Waals surface area contributed by atoms with Gasteiger partial charge in [0.1, 0.15) is 17.6 Å². The van der Waals surface area contributed by atoms with Crippen LogP contribution in [0.4, 0.5) is 10.1 Å². The number of nitrogens with one attached hydrogen (secondary N) is 1. The Hall–Kier alpha value is -1.81. The molecule has 0 radical (unpaired) electrons. The molecular formula is C13H7Cl2FN2O2S. The molecule has 0 saturated carbocycles. The summed E-state index contributed by atoms with van der Waals surface area (Å²) in [4.78, 5) is -0.203. The van der Waals surface area contributed by atoms with E-state index in [0.29, 0.717) is 0 Å². The van der Waals surface area contributed by atoms with Crippen LogP contribution in [0.3, 0.4) is 0 Å². The molecule has 0 aliphatic rings. The van der Waals surface area contributed by atoms with Crippen molar-refractivity contribution in [1.29, 1.82) is 5.26 Å². The summed E-state index contributed by atoms with van der Waals surface area (Å²) < 4.78 is 40.0. The van der Waals surface area contributed by atoms with Crippen LogP contribution in [0, 0.1) is 17.1 Å². The number of nitriles is 1. The Morgan fingerprint density at radius 2 is 1.86 bits per heavy atom. The molecule has 0 unspecified atom stereocenters. The van der Waals surface area contributed by atoms with Gasteiger partial charge in [-0.15, -0.1) is 0 Å². The van der Waals surface area contributed by atoms with Crippen LogP contribution in [0.15, 0.2) is 41.3 Å². The van der Waals surface area contributed by atoms with Crippen LogP contribution < -0.4 is 4.72 Å². The largest absolute Gasteiger partial charge is 0.275 e. The van der Waals surface area contributed by atoms with E-state index in [2.05, 4.69) is 4.72 Å². The van der Waals surface area contributed by atoms with Gasteiger partial charge >= 0.3 is 0 Å². The van der Waals surface area contributed by atoms with Crippen molar-refractivity contribution in [2.24, 2.45) is 0 Å². The van der Waals surface area contributed by atoms with Crippen LogP contribution in [-0.4, -0.2) is 8.42 Å². The maximum Gasteiger partial charge on any atom is 0.262 e. The number of nitrogens with zero attached hydrogens (tertiary/aromatic N) is 1. The van der Waals surface area contributed by atoms with Crippen molar-refractivity contribution in [1.82, 2.24) is 0 Å². The van der Waals surface area contributed by atoms with Crippen molar-refractivity contribution in [3.8, 4) is 6.07 Å². The lowest BCUT2D eigenvalue weighted by molar-refractivity contribution is 0.598. The number of anilines is 1. The number of rotatable bonds is 3. The zero-order valence-corrected chi connectivity index (χ0v) is 12.6. The van der Waals surface area contributed by atoms with Crippen molar-refractivity contribution in [2.75, 3.05) is 4.72 Å². The van der Waals surface area contributed by atoms with Gasteiger partial charge in [-0.25, -0.2) is 12.8 Å². The van der Waals surface area contributed by atoms with E-state index in [-0.39, 0.29) is 26.2 Å². The summed E-state index contributed by atoms with van der Waals surface area (Å²) in [5.74, 6) is -0.800. The first-order valence-corrected chi connectivity index (χ1v) is 7.75. The van der Waals surface area contributed by atoms with Gasteiger partial charge in [0.05, 0.1) is 20.5 Å². The van der Waals surface area contributed by atoms with Gasteiger partial charge in [0.15, 0.2) is 0 Å². The summed E-state index contributed by atoms with van der Waals surface area (Å²) >= 11 is 11.6. The minimum Gasteiger partial charge on any atom is -0.275 e. The van der Waals surface area contributed by atoms with Crippen LogP contribution in [0.5, 0.6) is 0 Å². The zero-order valence-electron chi connectivity index (χ0n) is 10.3. The summed E-state index contributed by atoms with van der Waals surface area (Å²) in [5.41, 5.74) is -0.209. The number of hydrogen-bond acceptors (Lipinski definition) is 3. The number of para-hydroxylation sites is 1. The molecule has 0 fully saturated rings. The molecular weight excluding hydrogens is 338 g/mol. The van der Waals surface area contributed by atoms with Gasteiger partial charge in [-0.2, -0.15) is 5.26 Å². The van der Waals surface area contributed by atoms with E-state index in [1.54, 1.807) is 0 Å². The summed E-state index contributed by atoms with van der Waals surface area (Å²) in [6, 6.07) is 9.17. The maximum atomic E-state index is 13.6. The van der Waals surface area contributed by atoms with Gasteiger partial charge < -0.3 is 0 Å². The number of benzene rings is 2. The summed E-state index contributed by atoms with van der Waals surface area (Å²) in [7, 11) is -4.07. The molecule has 4 nitrogen and oxygen atoms in total. The highest BCUT2D eigenvalue weighted by molar-refractivity contribution is 7.92. The van der Waals surface area contributed by atoms with Gasteiger partial charge in [-0.05, 0) is 30.3 Å². The third-order valence-electron chi connectivity index (χ3n) is 2.57. The van der Waals surface area contributed by atoms with Crippen molar-refractivity contribution in [2.45, 2.75) is 4.90 Å². The standard InChI is InChI=1S/C13H7Cl2FN2O2S/c14-10-2-1-3-12(16)13(10)18-21(19,20)9-5-4-8(7-17)11(15)6-9/h1-6,18H. The summed E-state index contributed by atoms with van der Waals surface area (Å²) in [6.45, 7) is 0. The van der Waals surface area contributed by atoms with E-state index < -0.39 is 15.8 Å². The Morgan fingerprint density at radius 3 is 2.43 bits per heavy atom. The van der Waals surface area contributed by atoms with E-state index in [0.717, 1.165) is 12.1 Å². The van der Waals surface area contributed by atoms with E-state index >= 15 is 0 Å². The molecule has 2 aromatic rings. The fraction of sp³-hybridized carbons (Fsp3) is 0. The molecule has 0 aliphatic heterocycles. The lowest BCUT2D eigenvalue weighted by atomic mass is 10.2. The molecule has 2 aromatic carbocycles. The second kappa shape index (κ2) is 5.90. The van der Waals surface area contributed by atoms with Crippen molar-refractivity contribution < 1.29 is 12.8 Å². The maximum absolute atomic E-state index is 13.6. The van der Waals surface area contributed by atoms with Gasteiger partial charge in [0, 0.05) is 0 Å². The van der Waals surface area contributed by atoms with Gasteiger partial charge in [0.2, 0.25) is 0 Å². The Bertz CT molecular complexity index is 827. The van der Waals surface area contributed by atoms with E-state index in [1.165, 1.54) is 24.3 Å². The molecule has 0 aromatic heterocycles. The zero-order chi connectivity index (χ0) is 15.6. The topological polar surface area (TPSA) is 70.0 Å². The second-order valence-electron chi connectivity index (χ2n) is 3.96. The van der Waals surface area contributed by atoms with Crippen molar-refractivity contribution in [3.05, 3.63) is 57.8 Å². The minimum absolute atomic E-state index is 0.0139. The normalized spacial score (nSPS) is 11.0. The van der Waals surface area contributed by atoms with Gasteiger partial charge in [-0.1, -0.05) is 29.3 Å². The van der Waals surface area contributed by atoms with Crippen LogP contribution in [0.25, 0.3) is 0 Å². The first-order chi connectivity index (χ1) is 9.85. The molecule has 0 saturated heterocycles. The highest BCUT2D eigenvalue weighted by atomic mass is 35.5. The lowest BCUT2D eigenvalue weighted by Gasteiger charge is -2.11. The molecule has 0 atom stereocenters. The fourth-order valence-corrected chi connectivity index (χ4v) is 3.21. The van der Waals surface area contributed by atoms with Crippen LogP contribution in [0.2, 0.25) is 10.0 Å². The predicted octanol–water partition coefficient (Wildman–Crippen LogP) is 3.80. The van der Waals surface area contributed by atoms with Crippen LogP contribution >= 0.6 is 23.2 Å². The first-order valence-electron chi connectivity index (χ1n) is 5.51. The molecule has 0 aliphatic carbocycles. The molecule has 2 rings (SSSR count). The van der Waals surface area contributed by atoms with Crippen molar-refractivity contribution in [3.63, 3.8) is 0 Å². The highest BCUT2D eigenvalue weighted by Crippen LogP contribution is 2.28. The van der Waals surface area contributed by atoms with Crippen LogP contribution in [-0.2, 0) is 10.0 Å². The Labute approximate surface area is 130 Å². The van der Waals surface area contributed by atoms with Gasteiger partial charge in [0.25, 0.3) is 10.0 Å². The third kappa shape index (κ3) is 3.27. The molecule has 0 heterocycles. The Morgan fingerprint density at radius 1 is 1.14 bits per heavy atom. The summed E-state index contributed by atoms with van der Waals surface area (Å²) in [6.07, 6.45) is 0. The molecule has 0 spiro atoms. The Kier molecular flexibility index (Phi) is 4.37. The summed E-state index contributed by atoms with van der Waals surface area (Å²) in [5, 5.41) is 8.67.